The van der Waals surface area contributed by atoms with Crippen LogP contribution in [0.3, 0.4) is 0 Å². The van der Waals surface area contributed by atoms with E-state index in [1.807, 2.05) is 0 Å². The molecule has 1 amide bonds. The molecular weight excluding hydrogens is 313 g/mol. The lowest BCUT2D eigenvalue weighted by molar-refractivity contribution is -0.185. The molecule has 1 rings (SSSR count). The molecule has 2 atom stereocenters. The normalized spacial score (nSPS) is 19.6. The fraction of sp³-hybridized carbons (Fsp3) is 0.933. The molecule has 1 N–H and O–H groups in total. The molecule has 5 nitrogen and oxygen atoms in total. The van der Waals surface area contributed by atoms with Gasteiger partial charge in [0.2, 0.25) is 5.91 Å². The number of halogens is 3. The maximum Gasteiger partial charge on any atom is 0.411 e. The molecule has 1 heterocycles. The monoisotopic (exact) mass is 340 g/mol. The first-order valence-electron chi connectivity index (χ1n) is 7.97. The lowest BCUT2D eigenvalue weighted by Gasteiger charge is -2.35. The summed E-state index contributed by atoms with van der Waals surface area (Å²) in [6.07, 6.45) is -4.65. The van der Waals surface area contributed by atoms with Crippen molar-refractivity contribution in [3.05, 3.63) is 0 Å². The smallest absolute Gasteiger partial charge is 0.379 e. The summed E-state index contributed by atoms with van der Waals surface area (Å²) in [5.74, 6) is -0.0603. The van der Waals surface area contributed by atoms with Gasteiger partial charge in [-0.3, -0.25) is 9.69 Å². The van der Waals surface area contributed by atoms with E-state index in [1.54, 1.807) is 0 Å². The van der Waals surface area contributed by atoms with E-state index in [-0.39, 0.29) is 6.04 Å². The van der Waals surface area contributed by atoms with Crippen LogP contribution in [0, 0.1) is 5.92 Å². The quantitative estimate of drug-likeness (QED) is 0.732. The van der Waals surface area contributed by atoms with E-state index in [4.69, 9.17) is 4.74 Å². The summed E-state index contributed by atoms with van der Waals surface area (Å²) in [6.45, 7) is 7.43. The molecule has 0 bridgehead atoms. The van der Waals surface area contributed by atoms with Crippen molar-refractivity contribution in [3.8, 4) is 0 Å². The Morgan fingerprint density at radius 3 is 2.39 bits per heavy atom. The second-order valence-corrected chi connectivity index (χ2v) is 6.25. The van der Waals surface area contributed by atoms with E-state index < -0.39 is 24.8 Å². The lowest BCUT2D eigenvalue weighted by Crippen LogP contribution is -2.50. The zero-order valence-corrected chi connectivity index (χ0v) is 14.0. The van der Waals surface area contributed by atoms with Crippen molar-refractivity contribution in [2.24, 2.45) is 5.92 Å². The summed E-state index contributed by atoms with van der Waals surface area (Å²) >= 11 is 0. The Morgan fingerprint density at radius 1 is 1.26 bits per heavy atom. The van der Waals surface area contributed by atoms with Crippen LogP contribution in [-0.4, -0.2) is 68.6 Å². The molecule has 1 aliphatic rings. The maximum atomic E-state index is 12.1. The molecule has 23 heavy (non-hydrogen) atoms. The molecule has 0 aromatic rings. The highest BCUT2D eigenvalue weighted by Gasteiger charge is 2.30. The molecule has 1 aliphatic heterocycles. The van der Waals surface area contributed by atoms with E-state index in [1.165, 1.54) is 6.92 Å². The van der Waals surface area contributed by atoms with Gasteiger partial charge in [-0.2, -0.15) is 13.2 Å². The number of hydrogen-bond donors (Lipinski definition) is 1. The molecule has 1 saturated heterocycles. The number of amides is 1. The second kappa shape index (κ2) is 9.44. The van der Waals surface area contributed by atoms with E-state index in [9.17, 15) is 18.0 Å². The summed E-state index contributed by atoms with van der Waals surface area (Å²) in [7, 11) is 0. The Hall–Kier alpha value is -0.860. The molecule has 1 fully saturated rings. The highest BCUT2D eigenvalue weighted by Crippen LogP contribution is 2.16. The zero-order chi connectivity index (χ0) is 17.5. The summed E-state index contributed by atoms with van der Waals surface area (Å²) in [5.41, 5.74) is 0. The Morgan fingerprint density at radius 2 is 1.87 bits per heavy atom. The minimum Gasteiger partial charge on any atom is -0.379 e. The highest BCUT2D eigenvalue weighted by molar-refractivity contribution is 5.80. The van der Waals surface area contributed by atoms with Crippen LogP contribution >= 0.6 is 0 Å². The first kappa shape index (κ1) is 20.2. The lowest BCUT2D eigenvalue weighted by atomic mass is 10.0. The molecule has 8 heteroatoms. The van der Waals surface area contributed by atoms with Crippen molar-refractivity contribution < 1.29 is 27.4 Å². The van der Waals surface area contributed by atoms with Gasteiger partial charge in [0.05, 0.1) is 13.2 Å². The van der Waals surface area contributed by atoms with Crippen LogP contribution in [0.15, 0.2) is 0 Å². The largest absolute Gasteiger partial charge is 0.411 e. The van der Waals surface area contributed by atoms with Gasteiger partial charge in [0.1, 0.15) is 12.7 Å². The third kappa shape index (κ3) is 8.53. The zero-order valence-electron chi connectivity index (χ0n) is 14.0. The summed E-state index contributed by atoms with van der Waals surface area (Å²) in [6, 6.07) is 0.151. The van der Waals surface area contributed by atoms with E-state index in [0.717, 1.165) is 19.5 Å². The van der Waals surface area contributed by atoms with Crippen LogP contribution in [0.25, 0.3) is 0 Å². The van der Waals surface area contributed by atoms with Crippen molar-refractivity contribution in [2.45, 2.75) is 45.5 Å². The Balaban J connectivity index is 2.44. The van der Waals surface area contributed by atoms with Gasteiger partial charge in [0.25, 0.3) is 0 Å². The molecule has 0 radical (unpaired) electrons. The van der Waals surface area contributed by atoms with Crippen LogP contribution < -0.4 is 5.32 Å². The van der Waals surface area contributed by atoms with Gasteiger partial charge in [0.15, 0.2) is 0 Å². The predicted molar refractivity (Wildman–Crippen MR) is 80.1 cm³/mol. The van der Waals surface area contributed by atoms with E-state index in [2.05, 4.69) is 28.8 Å². The van der Waals surface area contributed by atoms with E-state index >= 15 is 0 Å². The predicted octanol–water partition coefficient (Wildman–Crippen LogP) is 1.82. The molecule has 0 saturated carbocycles. The number of nitrogens with zero attached hydrogens (tertiary/aromatic N) is 1. The van der Waals surface area contributed by atoms with Gasteiger partial charge in [-0.05, 0) is 19.3 Å². The Bertz CT molecular complexity index is 358. The van der Waals surface area contributed by atoms with Crippen LogP contribution in [0.5, 0.6) is 0 Å². The maximum absolute atomic E-state index is 12.1. The molecular formula is C15H27F3N2O3. The Kier molecular flexibility index (Phi) is 8.28. The third-order valence-corrected chi connectivity index (χ3v) is 3.68. The minimum absolute atomic E-state index is 0.151. The number of hydrogen-bond acceptors (Lipinski definition) is 4. The molecule has 0 unspecified atom stereocenters. The summed E-state index contributed by atoms with van der Waals surface area (Å²) < 4.78 is 46.2. The molecule has 0 aliphatic carbocycles. The van der Waals surface area contributed by atoms with Crippen LogP contribution in [0.2, 0.25) is 0 Å². The van der Waals surface area contributed by atoms with Gasteiger partial charge in [0, 0.05) is 25.7 Å². The molecule has 0 aromatic heterocycles. The SMILES string of the molecule is CC(C)C[C@@H](CNC(=O)[C@@H](C)OCC(F)(F)F)N1CCOCC1. The van der Waals surface area contributed by atoms with Crippen LogP contribution in [0.1, 0.15) is 27.2 Å². The molecule has 136 valence electrons. The highest BCUT2D eigenvalue weighted by atomic mass is 19.4. The van der Waals surface area contributed by atoms with Gasteiger partial charge < -0.3 is 14.8 Å². The average Bonchev–Trinajstić information content (AvgIpc) is 2.48. The van der Waals surface area contributed by atoms with E-state index in [0.29, 0.717) is 25.7 Å². The van der Waals surface area contributed by atoms with Gasteiger partial charge in [-0.1, -0.05) is 13.8 Å². The Labute approximate surface area is 135 Å². The standard InChI is InChI=1S/C15H27F3N2O3/c1-11(2)8-13(20-4-6-22-7-5-20)9-19-14(21)12(3)23-10-15(16,17)18/h11-13H,4-10H2,1-3H3,(H,19,21)/t12-,13+/m1/s1. The molecule has 0 spiro atoms. The molecule has 0 aromatic carbocycles. The first-order valence-corrected chi connectivity index (χ1v) is 7.97. The van der Waals surface area contributed by atoms with Crippen molar-refractivity contribution in [2.75, 3.05) is 39.5 Å². The van der Waals surface area contributed by atoms with Crippen molar-refractivity contribution in [3.63, 3.8) is 0 Å². The van der Waals surface area contributed by atoms with Gasteiger partial charge in [-0.15, -0.1) is 0 Å². The summed E-state index contributed by atoms with van der Waals surface area (Å²) in [5, 5.41) is 2.71. The topological polar surface area (TPSA) is 50.8 Å². The number of morpholine rings is 1. The van der Waals surface area contributed by atoms with Gasteiger partial charge in [-0.25, -0.2) is 0 Å². The van der Waals surface area contributed by atoms with Crippen molar-refractivity contribution in [1.29, 1.82) is 0 Å². The number of carbonyl (C=O) groups excluding carboxylic acids is 1. The van der Waals surface area contributed by atoms with Crippen molar-refractivity contribution in [1.82, 2.24) is 10.2 Å². The fourth-order valence-corrected chi connectivity index (χ4v) is 2.51. The van der Waals surface area contributed by atoms with Gasteiger partial charge >= 0.3 is 6.18 Å². The fourth-order valence-electron chi connectivity index (χ4n) is 2.51. The van der Waals surface area contributed by atoms with Crippen LogP contribution in [0.4, 0.5) is 13.2 Å². The third-order valence-electron chi connectivity index (χ3n) is 3.68. The van der Waals surface area contributed by atoms with Crippen molar-refractivity contribution >= 4 is 5.91 Å². The number of ether oxygens (including phenoxy) is 2. The number of alkyl halides is 3. The second-order valence-electron chi connectivity index (χ2n) is 6.25. The first-order chi connectivity index (χ1) is 10.7. The number of nitrogens with one attached hydrogen (secondary N) is 1. The van der Waals surface area contributed by atoms with Crippen LogP contribution in [-0.2, 0) is 14.3 Å². The summed E-state index contributed by atoms with van der Waals surface area (Å²) in [4.78, 5) is 14.1. The number of rotatable bonds is 8. The minimum atomic E-state index is -4.43. The average molecular weight is 340 g/mol. The number of carbonyl (C=O) groups is 1.